The van der Waals surface area contributed by atoms with Crippen molar-refractivity contribution >= 4 is 40.1 Å². The van der Waals surface area contributed by atoms with Crippen molar-refractivity contribution in [1.82, 2.24) is 15.8 Å². The van der Waals surface area contributed by atoms with Crippen LogP contribution in [0.3, 0.4) is 0 Å². The molecule has 0 aromatic heterocycles. The van der Waals surface area contributed by atoms with Gasteiger partial charge in [-0.1, -0.05) is 28.1 Å². The van der Waals surface area contributed by atoms with Gasteiger partial charge in [0.1, 0.15) is 5.75 Å². The molecule has 2 aromatic rings. The number of aryl methyl sites for hydroxylation is 1. The summed E-state index contributed by atoms with van der Waals surface area (Å²) in [5.41, 5.74) is 3.07. The lowest BCUT2D eigenvalue weighted by Gasteiger charge is -2.28. The third kappa shape index (κ3) is 7.46. The molecule has 0 aliphatic rings. The van der Waals surface area contributed by atoms with Crippen molar-refractivity contribution in [3.8, 4) is 5.75 Å². The molecule has 0 atom stereocenters. The summed E-state index contributed by atoms with van der Waals surface area (Å²) in [6, 6.07) is 12.2. The summed E-state index contributed by atoms with van der Waals surface area (Å²) < 4.78 is 0.854. The molecule has 0 saturated carbocycles. The van der Waals surface area contributed by atoms with Gasteiger partial charge in [-0.05, 0) is 68.7 Å². The molecule has 0 unspecified atom stereocenters. The zero-order valence-electron chi connectivity index (χ0n) is 16.1. The number of imide groups is 1. The molecule has 0 spiro atoms. The van der Waals surface area contributed by atoms with Gasteiger partial charge in [-0.2, -0.15) is 5.01 Å². The number of carbonyl (C=O) groups excluding carboxylic acids is 3. The zero-order chi connectivity index (χ0) is 21.4. The predicted octanol–water partition coefficient (Wildman–Crippen LogP) is 3.77. The van der Waals surface area contributed by atoms with E-state index in [-0.39, 0.29) is 12.2 Å². The number of hydrogen-bond donors (Lipinski definition) is 4. The van der Waals surface area contributed by atoms with Gasteiger partial charge < -0.3 is 15.7 Å². The van der Waals surface area contributed by atoms with Gasteiger partial charge in [0.05, 0.1) is 0 Å². The molecular weight excluding hydrogens is 440 g/mol. The zero-order valence-corrected chi connectivity index (χ0v) is 17.7. The van der Waals surface area contributed by atoms with E-state index < -0.39 is 17.6 Å². The van der Waals surface area contributed by atoms with Crippen molar-refractivity contribution in [3.63, 3.8) is 0 Å². The Bertz CT molecular complexity index is 854. The summed E-state index contributed by atoms with van der Waals surface area (Å²) in [7, 11) is 0. The predicted molar refractivity (Wildman–Crippen MR) is 113 cm³/mol. The molecule has 8 nitrogen and oxygen atoms in total. The third-order valence-corrected chi connectivity index (χ3v) is 4.60. The topological polar surface area (TPSA) is 111 Å². The van der Waals surface area contributed by atoms with Crippen LogP contribution in [0.4, 0.5) is 15.3 Å². The van der Waals surface area contributed by atoms with Crippen LogP contribution in [0.5, 0.6) is 5.75 Å². The van der Waals surface area contributed by atoms with Crippen LogP contribution in [0.25, 0.3) is 0 Å². The van der Waals surface area contributed by atoms with Crippen molar-refractivity contribution in [2.45, 2.75) is 32.2 Å². The van der Waals surface area contributed by atoms with Crippen molar-refractivity contribution < 1.29 is 19.5 Å². The molecule has 0 radical (unpaired) electrons. The number of benzene rings is 2. The van der Waals surface area contributed by atoms with Crippen LogP contribution in [-0.2, 0) is 11.2 Å². The van der Waals surface area contributed by atoms with Gasteiger partial charge in [0.2, 0.25) is 6.41 Å². The van der Waals surface area contributed by atoms with Gasteiger partial charge in [-0.3, -0.25) is 4.79 Å². The molecule has 5 amide bonds. The molecule has 2 rings (SSSR count). The van der Waals surface area contributed by atoms with E-state index in [0.29, 0.717) is 23.5 Å². The van der Waals surface area contributed by atoms with E-state index in [2.05, 4.69) is 32.0 Å². The van der Waals surface area contributed by atoms with E-state index in [1.165, 1.54) is 0 Å². The lowest BCUT2D eigenvalue weighted by atomic mass is 9.95. The maximum absolute atomic E-state index is 12.4. The number of halogens is 1. The number of carbonyl (C=O) groups is 3. The summed E-state index contributed by atoms with van der Waals surface area (Å²) in [5.74, 6) is 0.190. The molecule has 0 aliphatic carbocycles. The van der Waals surface area contributed by atoms with Crippen LogP contribution >= 0.6 is 15.9 Å². The third-order valence-electron chi connectivity index (χ3n) is 4.07. The Balaban J connectivity index is 1.88. The van der Waals surface area contributed by atoms with Crippen molar-refractivity contribution in [1.29, 1.82) is 0 Å². The Morgan fingerprint density at radius 1 is 1.10 bits per heavy atom. The summed E-state index contributed by atoms with van der Waals surface area (Å²) in [6.45, 7) is 3.63. The van der Waals surface area contributed by atoms with Gasteiger partial charge >= 0.3 is 12.1 Å². The molecule has 0 aliphatic heterocycles. The average molecular weight is 463 g/mol. The second-order valence-corrected chi connectivity index (χ2v) is 7.94. The minimum atomic E-state index is -0.748. The lowest BCUT2D eigenvalue weighted by molar-refractivity contribution is -0.117. The van der Waals surface area contributed by atoms with Crippen LogP contribution in [-0.4, -0.2) is 34.1 Å². The van der Waals surface area contributed by atoms with Crippen molar-refractivity contribution in [2.24, 2.45) is 0 Å². The van der Waals surface area contributed by atoms with Gasteiger partial charge in [0.25, 0.3) is 0 Å². The van der Waals surface area contributed by atoms with E-state index in [1.54, 1.807) is 48.5 Å². The normalized spacial score (nSPS) is 10.7. The quantitative estimate of drug-likeness (QED) is 0.386. The Kier molecular flexibility index (Phi) is 7.60. The Hall–Kier alpha value is -3.07. The number of hydrazine groups is 1. The van der Waals surface area contributed by atoms with Crippen LogP contribution in [0.15, 0.2) is 53.0 Å². The number of amides is 5. The van der Waals surface area contributed by atoms with Gasteiger partial charge in [-0.15, -0.1) is 0 Å². The number of hydrogen-bond acceptors (Lipinski definition) is 4. The highest BCUT2D eigenvalue weighted by molar-refractivity contribution is 9.10. The molecule has 4 N–H and O–H groups in total. The molecule has 0 fully saturated rings. The van der Waals surface area contributed by atoms with Crippen LogP contribution < -0.4 is 16.1 Å². The number of rotatable bonds is 6. The maximum atomic E-state index is 12.4. The molecule has 9 heteroatoms. The van der Waals surface area contributed by atoms with Crippen molar-refractivity contribution in [2.75, 3.05) is 5.32 Å². The molecule has 154 valence electrons. The highest BCUT2D eigenvalue weighted by atomic mass is 79.9. The van der Waals surface area contributed by atoms with Gasteiger partial charge in [0, 0.05) is 15.7 Å². The standard InChI is InChI=1S/C20H23BrN4O4/c1-20(2,12-11-14-3-9-17(27)10-4-14)23-19(29)25(13-26)24-18(28)22-16-7-5-15(21)6-8-16/h3-10,13,27H,11-12H2,1-2H3,(H,23,29)(H2,22,24,28). The second kappa shape index (κ2) is 9.92. The molecule has 2 aromatic carbocycles. The van der Waals surface area contributed by atoms with Gasteiger partial charge in [-0.25, -0.2) is 15.0 Å². The van der Waals surface area contributed by atoms with E-state index in [1.807, 2.05) is 13.8 Å². The Labute approximate surface area is 177 Å². The van der Waals surface area contributed by atoms with Crippen LogP contribution in [0.1, 0.15) is 25.8 Å². The largest absolute Gasteiger partial charge is 0.508 e. The number of aromatic hydroxyl groups is 1. The summed E-state index contributed by atoms with van der Waals surface area (Å²) in [5, 5.41) is 15.1. The van der Waals surface area contributed by atoms with E-state index in [0.717, 1.165) is 10.0 Å². The minimum absolute atomic E-state index is 0.190. The smallest absolute Gasteiger partial charge is 0.343 e. The first-order valence-corrected chi connectivity index (χ1v) is 9.65. The number of anilines is 1. The summed E-state index contributed by atoms with van der Waals surface area (Å²) in [6.07, 6.45) is 1.47. The summed E-state index contributed by atoms with van der Waals surface area (Å²) >= 11 is 3.29. The fourth-order valence-corrected chi connectivity index (χ4v) is 2.72. The highest BCUT2D eigenvalue weighted by Crippen LogP contribution is 2.17. The SMILES string of the molecule is CC(C)(CCc1ccc(O)cc1)NC(=O)N(C=O)NC(=O)Nc1ccc(Br)cc1. The second-order valence-electron chi connectivity index (χ2n) is 7.03. The average Bonchev–Trinajstić information content (AvgIpc) is 2.67. The number of phenolic OH excluding ortho intramolecular Hbond substituents is 1. The molecular formula is C20H23BrN4O4. The molecule has 0 bridgehead atoms. The molecule has 0 saturated heterocycles. The molecule has 0 heterocycles. The first-order valence-electron chi connectivity index (χ1n) is 8.86. The van der Waals surface area contributed by atoms with E-state index in [9.17, 15) is 19.5 Å². The maximum Gasteiger partial charge on any atom is 0.343 e. The minimum Gasteiger partial charge on any atom is -0.508 e. The fourth-order valence-electron chi connectivity index (χ4n) is 2.46. The highest BCUT2D eigenvalue weighted by Gasteiger charge is 2.24. The fraction of sp³-hybridized carbons (Fsp3) is 0.250. The number of nitrogens with zero attached hydrogens (tertiary/aromatic N) is 1. The molecule has 29 heavy (non-hydrogen) atoms. The van der Waals surface area contributed by atoms with Crippen molar-refractivity contribution in [3.05, 3.63) is 58.6 Å². The monoisotopic (exact) mass is 462 g/mol. The Morgan fingerprint density at radius 3 is 2.31 bits per heavy atom. The first kappa shape index (κ1) is 22.2. The first-order chi connectivity index (χ1) is 13.7. The van der Waals surface area contributed by atoms with Gasteiger partial charge in [0.15, 0.2) is 0 Å². The van der Waals surface area contributed by atoms with E-state index in [4.69, 9.17) is 0 Å². The lowest BCUT2D eigenvalue weighted by Crippen LogP contribution is -2.56. The summed E-state index contributed by atoms with van der Waals surface area (Å²) in [4.78, 5) is 35.7. The number of urea groups is 2. The van der Waals surface area contributed by atoms with E-state index >= 15 is 0 Å². The Morgan fingerprint density at radius 2 is 1.72 bits per heavy atom. The number of nitrogens with one attached hydrogen (secondary N) is 3. The van der Waals surface area contributed by atoms with Crippen LogP contribution in [0.2, 0.25) is 0 Å². The number of phenols is 1. The van der Waals surface area contributed by atoms with Crippen LogP contribution in [0, 0.1) is 0 Å².